The Balaban J connectivity index is 1.67. The predicted molar refractivity (Wildman–Crippen MR) is 116 cm³/mol. The monoisotopic (exact) mass is 407 g/mol. The molecule has 1 aliphatic heterocycles. The van der Waals surface area contributed by atoms with E-state index < -0.39 is 0 Å². The largest absolute Gasteiger partial charge is 0.348 e. The Bertz CT molecular complexity index is 954. The van der Waals surface area contributed by atoms with Crippen LogP contribution in [-0.4, -0.2) is 47.7 Å². The fraction of sp³-hybridized carbons (Fsp3) is 0.375. The molecule has 3 rings (SSSR count). The summed E-state index contributed by atoms with van der Waals surface area (Å²) in [7, 11) is 2.07. The van der Waals surface area contributed by atoms with Crippen molar-refractivity contribution in [3.8, 4) is 0 Å². The summed E-state index contributed by atoms with van der Waals surface area (Å²) in [6.07, 6.45) is 1.67. The van der Waals surface area contributed by atoms with Crippen molar-refractivity contribution in [1.29, 1.82) is 0 Å². The van der Waals surface area contributed by atoms with Crippen LogP contribution >= 0.6 is 0 Å². The molecular weight excluding hydrogens is 378 g/mol. The van der Waals surface area contributed by atoms with Gasteiger partial charge in [-0.15, -0.1) is 0 Å². The van der Waals surface area contributed by atoms with Crippen LogP contribution in [0.2, 0.25) is 0 Å². The second-order valence-electron chi connectivity index (χ2n) is 7.71. The van der Waals surface area contributed by atoms with Crippen molar-refractivity contribution in [3.05, 3.63) is 70.3 Å². The summed E-state index contributed by atoms with van der Waals surface area (Å²) in [5, 5.41) is 2.91. The fourth-order valence-corrected chi connectivity index (χ4v) is 3.50. The van der Waals surface area contributed by atoms with Gasteiger partial charge in [-0.05, 0) is 49.3 Å². The van der Waals surface area contributed by atoms with Gasteiger partial charge in [-0.25, -0.2) is 0 Å². The first-order valence-electron chi connectivity index (χ1n) is 10.5. The lowest BCUT2D eigenvalue weighted by Crippen LogP contribution is -2.30. The molecule has 30 heavy (non-hydrogen) atoms. The summed E-state index contributed by atoms with van der Waals surface area (Å²) >= 11 is 0. The van der Waals surface area contributed by atoms with E-state index in [1.807, 2.05) is 19.1 Å². The van der Waals surface area contributed by atoms with E-state index in [0.717, 1.165) is 31.5 Å². The predicted octanol–water partition coefficient (Wildman–Crippen LogP) is 3.46. The van der Waals surface area contributed by atoms with Crippen molar-refractivity contribution in [2.24, 2.45) is 0 Å². The number of unbranched alkanes of at least 4 members (excludes halogenated alkanes) is 1. The summed E-state index contributed by atoms with van der Waals surface area (Å²) in [4.78, 5) is 41.1. The van der Waals surface area contributed by atoms with Gasteiger partial charge in [0.25, 0.3) is 17.7 Å². The highest BCUT2D eigenvalue weighted by Gasteiger charge is 2.35. The number of carbonyl (C=O) groups is 3. The zero-order chi connectivity index (χ0) is 21.7. The minimum atomic E-state index is -0.314. The number of nitrogens with zero attached hydrogens (tertiary/aromatic N) is 2. The van der Waals surface area contributed by atoms with Crippen molar-refractivity contribution in [3.63, 3.8) is 0 Å². The summed E-state index contributed by atoms with van der Waals surface area (Å²) in [5.41, 5.74) is 3.28. The lowest BCUT2D eigenvalue weighted by atomic mass is 10.0. The Morgan fingerprint density at radius 3 is 2.47 bits per heavy atom. The van der Waals surface area contributed by atoms with E-state index >= 15 is 0 Å². The van der Waals surface area contributed by atoms with Crippen LogP contribution < -0.4 is 5.32 Å². The van der Waals surface area contributed by atoms with E-state index in [4.69, 9.17) is 0 Å². The average molecular weight is 408 g/mol. The highest BCUT2D eigenvalue weighted by molar-refractivity contribution is 6.22. The molecule has 0 saturated carbocycles. The lowest BCUT2D eigenvalue weighted by molar-refractivity contribution is 0.0652. The van der Waals surface area contributed by atoms with E-state index in [1.54, 1.807) is 12.1 Å². The van der Waals surface area contributed by atoms with E-state index in [-0.39, 0.29) is 17.7 Å². The van der Waals surface area contributed by atoms with Crippen molar-refractivity contribution in [2.45, 2.75) is 39.8 Å². The molecular formula is C24H29N3O3. The van der Waals surface area contributed by atoms with E-state index in [1.165, 1.54) is 16.5 Å². The Labute approximate surface area is 177 Å². The molecule has 0 spiro atoms. The molecule has 0 unspecified atom stereocenters. The quantitative estimate of drug-likeness (QED) is 0.647. The topological polar surface area (TPSA) is 69.7 Å². The van der Waals surface area contributed by atoms with Gasteiger partial charge < -0.3 is 10.2 Å². The summed E-state index contributed by atoms with van der Waals surface area (Å²) in [6.45, 7) is 6.76. The Morgan fingerprint density at radius 1 is 1.00 bits per heavy atom. The van der Waals surface area contributed by atoms with Crippen LogP contribution in [0.5, 0.6) is 0 Å². The molecule has 0 aliphatic carbocycles. The first kappa shape index (κ1) is 21.7. The van der Waals surface area contributed by atoms with Gasteiger partial charge in [0.15, 0.2) is 0 Å². The third-order valence-corrected chi connectivity index (χ3v) is 5.40. The molecule has 0 saturated heterocycles. The van der Waals surface area contributed by atoms with Crippen LogP contribution in [0.15, 0.2) is 42.5 Å². The lowest BCUT2D eigenvalue weighted by Gasteiger charge is -2.14. The maximum Gasteiger partial charge on any atom is 0.261 e. The van der Waals surface area contributed by atoms with Gasteiger partial charge in [0, 0.05) is 25.2 Å². The maximum absolute atomic E-state index is 12.6. The Morgan fingerprint density at radius 2 is 1.73 bits per heavy atom. The molecule has 0 atom stereocenters. The van der Waals surface area contributed by atoms with Crippen molar-refractivity contribution >= 4 is 17.7 Å². The normalized spacial score (nSPS) is 13.1. The van der Waals surface area contributed by atoms with Crippen molar-refractivity contribution < 1.29 is 14.4 Å². The SMILES string of the molecule is CCCCN1C(=O)c2ccc(C(=O)NCc3cccc(CN(C)CC)c3)cc2C1=O. The molecule has 0 aromatic heterocycles. The molecule has 0 fully saturated rings. The highest BCUT2D eigenvalue weighted by Crippen LogP contribution is 2.24. The summed E-state index contributed by atoms with van der Waals surface area (Å²) in [5.74, 6) is -0.851. The number of rotatable bonds is 9. The second-order valence-corrected chi connectivity index (χ2v) is 7.71. The number of fused-ring (bicyclic) bond motifs is 1. The molecule has 3 amide bonds. The van der Waals surface area contributed by atoms with E-state index in [0.29, 0.717) is 29.8 Å². The van der Waals surface area contributed by atoms with Crippen LogP contribution in [0.3, 0.4) is 0 Å². The second kappa shape index (κ2) is 9.67. The minimum absolute atomic E-state index is 0.263. The fourth-order valence-electron chi connectivity index (χ4n) is 3.50. The average Bonchev–Trinajstić information content (AvgIpc) is 3.00. The van der Waals surface area contributed by atoms with Gasteiger partial charge >= 0.3 is 0 Å². The molecule has 1 N–H and O–H groups in total. The number of carbonyl (C=O) groups excluding carboxylic acids is 3. The number of hydrogen-bond acceptors (Lipinski definition) is 4. The molecule has 0 bridgehead atoms. The van der Waals surface area contributed by atoms with Gasteiger partial charge in [0.2, 0.25) is 0 Å². The van der Waals surface area contributed by atoms with Gasteiger partial charge in [-0.1, -0.05) is 44.5 Å². The standard InChI is InChI=1S/C24H29N3O3/c1-4-6-12-27-23(29)20-11-10-19(14-21(20)24(27)30)22(28)25-15-17-8-7-9-18(13-17)16-26(3)5-2/h7-11,13-14H,4-6,12,15-16H2,1-3H3,(H,25,28). The van der Waals surface area contributed by atoms with Crippen LogP contribution in [0, 0.1) is 0 Å². The Kier molecular flexibility index (Phi) is 7.00. The van der Waals surface area contributed by atoms with Crippen LogP contribution in [-0.2, 0) is 13.1 Å². The van der Waals surface area contributed by atoms with Crippen molar-refractivity contribution in [2.75, 3.05) is 20.1 Å². The molecule has 158 valence electrons. The zero-order valence-electron chi connectivity index (χ0n) is 17.9. The maximum atomic E-state index is 12.6. The number of amides is 3. The molecule has 6 heteroatoms. The van der Waals surface area contributed by atoms with Gasteiger partial charge in [0.05, 0.1) is 11.1 Å². The molecule has 0 radical (unpaired) electrons. The van der Waals surface area contributed by atoms with Crippen molar-refractivity contribution in [1.82, 2.24) is 15.1 Å². The number of nitrogens with one attached hydrogen (secondary N) is 1. The third kappa shape index (κ3) is 4.76. The van der Waals surface area contributed by atoms with Gasteiger partial charge in [0.1, 0.15) is 0 Å². The van der Waals surface area contributed by atoms with Gasteiger partial charge in [-0.3, -0.25) is 19.3 Å². The summed E-state index contributed by atoms with van der Waals surface area (Å²) < 4.78 is 0. The Hall–Kier alpha value is -2.99. The number of hydrogen-bond donors (Lipinski definition) is 1. The zero-order valence-corrected chi connectivity index (χ0v) is 17.9. The smallest absolute Gasteiger partial charge is 0.261 e. The van der Waals surface area contributed by atoms with Crippen LogP contribution in [0.25, 0.3) is 0 Å². The molecule has 1 aliphatic rings. The summed E-state index contributed by atoms with van der Waals surface area (Å²) in [6, 6.07) is 12.8. The minimum Gasteiger partial charge on any atom is -0.348 e. The number of imide groups is 1. The van der Waals surface area contributed by atoms with E-state index in [9.17, 15) is 14.4 Å². The van der Waals surface area contributed by atoms with Crippen LogP contribution in [0.4, 0.5) is 0 Å². The van der Waals surface area contributed by atoms with E-state index in [2.05, 4.69) is 36.3 Å². The third-order valence-electron chi connectivity index (χ3n) is 5.40. The van der Waals surface area contributed by atoms with Crippen LogP contribution in [0.1, 0.15) is 68.9 Å². The molecule has 2 aromatic rings. The van der Waals surface area contributed by atoms with Gasteiger partial charge in [-0.2, -0.15) is 0 Å². The first-order chi connectivity index (χ1) is 14.4. The molecule has 1 heterocycles. The molecule has 2 aromatic carbocycles. The molecule has 6 nitrogen and oxygen atoms in total. The number of benzene rings is 2. The highest BCUT2D eigenvalue weighted by atomic mass is 16.2. The first-order valence-corrected chi connectivity index (χ1v) is 10.5.